The molecule has 40 heavy (non-hydrogen) atoms. The molecule has 0 atom stereocenters. The molecule has 0 amide bonds. The van der Waals surface area contributed by atoms with Crippen LogP contribution in [0.4, 0.5) is 0 Å². The van der Waals surface area contributed by atoms with Crippen molar-refractivity contribution in [2.24, 2.45) is 0 Å². The van der Waals surface area contributed by atoms with E-state index in [2.05, 4.69) is 146 Å². The molecule has 0 radical (unpaired) electrons. The molecule has 2 aliphatic rings. The highest BCUT2D eigenvalue weighted by molar-refractivity contribution is 6.19. The molecular weight excluding hydrogens is 484 g/mol. The first-order valence-electron chi connectivity index (χ1n) is 13.9. The van der Waals surface area contributed by atoms with Crippen molar-refractivity contribution in [1.29, 1.82) is 0 Å². The normalized spacial score (nSPS) is 13.9. The van der Waals surface area contributed by atoms with Crippen LogP contribution in [0, 0.1) is 0 Å². The Balaban J connectivity index is 1.56. The lowest BCUT2D eigenvalue weighted by Gasteiger charge is -2.40. The number of fused-ring (bicyclic) bond motifs is 14. The van der Waals surface area contributed by atoms with Crippen LogP contribution in [-0.2, 0) is 5.41 Å². The molecule has 0 N–H and O–H groups in total. The molecule has 1 nitrogen and oxygen atoms in total. The Morgan fingerprint density at radius 2 is 0.950 bits per heavy atom. The lowest BCUT2D eigenvalue weighted by Crippen LogP contribution is -2.32. The summed E-state index contributed by atoms with van der Waals surface area (Å²) < 4.78 is 6.61. The average Bonchev–Trinajstić information content (AvgIpc) is 3.33. The summed E-state index contributed by atoms with van der Waals surface area (Å²) in [6.45, 7) is 0. The van der Waals surface area contributed by atoms with Gasteiger partial charge in [-0.1, -0.05) is 127 Å². The summed E-state index contributed by atoms with van der Waals surface area (Å²) in [5.41, 5.74) is 9.60. The maximum atomic E-state index is 6.61. The van der Waals surface area contributed by atoms with Crippen LogP contribution in [0.1, 0.15) is 22.3 Å². The van der Waals surface area contributed by atoms with Crippen molar-refractivity contribution in [3.8, 4) is 33.8 Å². The molecule has 7 aromatic carbocycles. The van der Waals surface area contributed by atoms with E-state index in [1.54, 1.807) is 0 Å². The van der Waals surface area contributed by atoms with Crippen LogP contribution in [0.3, 0.4) is 0 Å². The van der Waals surface area contributed by atoms with E-state index >= 15 is 0 Å². The molecule has 1 heteroatoms. The van der Waals surface area contributed by atoms with Crippen molar-refractivity contribution in [2.45, 2.75) is 5.41 Å². The second-order valence-electron chi connectivity index (χ2n) is 10.8. The predicted octanol–water partition coefficient (Wildman–Crippen LogP) is 10.1. The maximum Gasteiger partial charge on any atom is 0.132 e. The van der Waals surface area contributed by atoms with Crippen molar-refractivity contribution >= 4 is 21.5 Å². The Hall–Kier alpha value is -5.14. The fraction of sp³-hybridized carbons (Fsp3) is 0.0256. The van der Waals surface area contributed by atoms with Crippen LogP contribution in [0.15, 0.2) is 146 Å². The molecular formula is C39H24O. The number of benzene rings is 7. The minimum atomic E-state index is -0.523. The minimum Gasteiger partial charge on any atom is -0.457 e. The molecule has 0 fully saturated rings. The van der Waals surface area contributed by atoms with Gasteiger partial charge in [-0.3, -0.25) is 0 Å². The van der Waals surface area contributed by atoms with Gasteiger partial charge < -0.3 is 4.74 Å². The zero-order chi connectivity index (χ0) is 26.3. The standard InChI is InChI=1S/C39H24O/c1-2-12-25(13-3-1)26-22-23-31-34(24-26)39(32-18-8-10-20-35(32)40-36-21-11-9-19-33(36)39)38-30-17-7-5-15-28(30)27-14-4-6-16-29(27)37(31)38/h1-24H. The van der Waals surface area contributed by atoms with E-state index < -0.39 is 5.41 Å². The van der Waals surface area contributed by atoms with Gasteiger partial charge in [-0.25, -0.2) is 0 Å². The summed E-state index contributed by atoms with van der Waals surface area (Å²) in [5, 5.41) is 5.16. The molecule has 1 heterocycles. The van der Waals surface area contributed by atoms with Crippen molar-refractivity contribution in [2.75, 3.05) is 0 Å². The SMILES string of the molecule is c1ccc(-c2ccc3c(c2)C2(c4ccccc4Oc4ccccc42)c2c-3c3ccccc3c3ccccc23)cc1. The lowest BCUT2D eigenvalue weighted by molar-refractivity contribution is 0.437. The van der Waals surface area contributed by atoms with Gasteiger partial charge in [0.1, 0.15) is 11.5 Å². The van der Waals surface area contributed by atoms with Crippen LogP contribution < -0.4 is 4.74 Å². The fourth-order valence-electron chi connectivity index (χ4n) is 7.38. The van der Waals surface area contributed by atoms with E-state index in [1.807, 2.05) is 0 Å². The first-order valence-corrected chi connectivity index (χ1v) is 13.9. The van der Waals surface area contributed by atoms with Crippen LogP contribution in [0.2, 0.25) is 0 Å². The van der Waals surface area contributed by atoms with E-state index in [4.69, 9.17) is 4.74 Å². The zero-order valence-corrected chi connectivity index (χ0v) is 21.8. The van der Waals surface area contributed by atoms with E-state index in [1.165, 1.54) is 66.1 Å². The molecule has 0 bridgehead atoms. The highest BCUT2D eigenvalue weighted by Crippen LogP contribution is 2.65. The maximum absolute atomic E-state index is 6.61. The highest BCUT2D eigenvalue weighted by atomic mass is 16.5. The third-order valence-electron chi connectivity index (χ3n) is 8.91. The van der Waals surface area contributed by atoms with Gasteiger partial charge in [-0.05, 0) is 73.1 Å². The Labute approximate surface area is 232 Å². The number of hydrogen-bond acceptors (Lipinski definition) is 1. The van der Waals surface area contributed by atoms with Crippen molar-refractivity contribution < 1.29 is 4.74 Å². The van der Waals surface area contributed by atoms with Gasteiger partial charge in [0, 0.05) is 11.1 Å². The summed E-state index contributed by atoms with van der Waals surface area (Å²) in [6.07, 6.45) is 0. The topological polar surface area (TPSA) is 9.23 Å². The van der Waals surface area contributed by atoms with Crippen molar-refractivity contribution in [3.05, 3.63) is 168 Å². The van der Waals surface area contributed by atoms with Crippen LogP contribution in [-0.4, -0.2) is 0 Å². The molecule has 1 aliphatic heterocycles. The van der Waals surface area contributed by atoms with Gasteiger partial charge in [0.15, 0.2) is 0 Å². The molecule has 186 valence electrons. The Kier molecular flexibility index (Phi) is 4.32. The second-order valence-corrected chi connectivity index (χ2v) is 10.8. The molecule has 0 saturated carbocycles. The average molecular weight is 509 g/mol. The summed E-state index contributed by atoms with van der Waals surface area (Å²) in [7, 11) is 0. The van der Waals surface area contributed by atoms with Gasteiger partial charge >= 0.3 is 0 Å². The largest absolute Gasteiger partial charge is 0.457 e. The van der Waals surface area contributed by atoms with Gasteiger partial charge in [-0.2, -0.15) is 0 Å². The molecule has 0 unspecified atom stereocenters. The first kappa shape index (κ1) is 21.8. The van der Waals surface area contributed by atoms with Gasteiger partial charge in [0.2, 0.25) is 0 Å². The Morgan fingerprint density at radius 3 is 1.65 bits per heavy atom. The Morgan fingerprint density at radius 1 is 0.400 bits per heavy atom. The fourth-order valence-corrected chi connectivity index (χ4v) is 7.38. The van der Waals surface area contributed by atoms with Crippen molar-refractivity contribution in [3.63, 3.8) is 0 Å². The van der Waals surface area contributed by atoms with Gasteiger partial charge in [0.25, 0.3) is 0 Å². The monoisotopic (exact) mass is 508 g/mol. The predicted molar refractivity (Wildman–Crippen MR) is 164 cm³/mol. The van der Waals surface area contributed by atoms with Gasteiger partial charge in [-0.15, -0.1) is 0 Å². The van der Waals surface area contributed by atoms with E-state index in [-0.39, 0.29) is 0 Å². The highest BCUT2D eigenvalue weighted by Gasteiger charge is 2.52. The third-order valence-corrected chi connectivity index (χ3v) is 8.91. The number of ether oxygens (including phenoxy) is 1. The van der Waals surface area contributed by atoms with Crippen molar-refractivity contribution in [1.82, 2.24) is 0 Å². The smallest absolute Gasteiger partial charge is 0.132 e. The molecule has 7 aromatic rings. The van der Waals surface area contributed by atoms with E-state index in [0.717, 1.165) is 11.5 Å². The molecule has 1 spiro atoms. The molecule has 9 rings (SSSR count). The number of hydrogen-bond donors (Lipinski definition) is 0. The van der Waals surface area contributed by atoms with Crippen LogP contribution >= 0.6 is 0 Å². The van der Waals surface area contributed by atoms with E-state index in [9.17, 15) is 0 Å². The quantitative estimate of drug-likeness (QED) is 0.200. The molecule has 0 saturated heterocycles. The van der Waals surface area contributed by atoms with Gasteiger partial charge in [0.05, 0.1) is 5.41 Å². The lowest BCUT2D eigenvalue weighted by atomic mass is 9.64. The zero-order valence-electron chi connectivity index (χ0n) is 21.8. The number of para-hydroxylation sites is 2. The minimum absolute atomic E-state index is 0.523. The van der Waals surface area contributed by atoms with Crippen LogP contribution in [0.5, 0.6) is 11.5 Å². The summed E-state index contributed by atoms with van der Waals surface area (Å²) >= 11 is 0. The summed E-state index contributed by atoms with van der Waals surface area (Å²) in [6, 6.07) is 52.9. The molecule has 1 aliphatic carbocycles. The second kappa shape index (κ2) is 7.94. The Bertz CT molecular complexity index is 2090. The molecule has 0 aromatic heterocycles. The number of rotatable bonds is 1. The van der Waals surface area contributed by atoms with Crippen LogP contribution in [0.25, 0.3) is 43.8 Å². The van der Waals surface area contributed by atoms with E-state index in [0.29, 0.717) is 0 Å². The third kappa shape index (κ3) is 2.67. The summed E-state index contributed by atoms with van der Waals surface area (Å²) in [5.74, 6) is 1.84. The summed E-state index contributed by atoms with van der Waals surface area (Å²) in [4.78, 5) is 0. The first-order chi connectivity index (χ1) is 19.9.